The Labute approximate surface area is 233 Å². The number of carboxylic acids is 1. The number of aromatic carboxylic acids is 1. The lowest BCUT2D eigenvalue weighted by atomic mass is 10.0. The zero-order valence-corrected chi connectivity index (χ0v) is 22.5. The first kappa shape index (κ1) is 27.5. The van der Waals surface area contributed by atoms with E-state index < -0.39 is 30.0 Å². The fraction of sp³-hybridized carbons (Fsp3) is 0.286. The summed E-state index contributed by atoms with van der Waals surface area (Å²) in [7, 11) is 0. The number of rotatable bonds is 7. The smallest absolute Gasteiger partial charge is 0.339 e. The van der Waals surface area contributed by atoms with E-state index in [1.165, 1.54) is 23.7 Å². The van der Waals surface area contributed by atoms with Crippen LogP contribution in [-0.2, 0) is 16.1 Å². The summed E-state index contributed by atoms with van der Waals surface area (Å²) in [5, 5.41) is 16.8. The Balaban J connectivity index is 1.41. The van der Waals surface area contributed by atoms with Crippen molar-refractivity contribution < 1.29 is 28.7 Å². The van der Waals surface area contributed by atoms with Crippen molar-refractivity contribution in [2.24, 2.45) is 0 Å². The third kappa shape index (κ3) is 5.51. The molecule has 5 rings (SSSR count). The Hall–Kier alpha value is -5.07. The number of amides is 2. The number of benzene rings is 1. The van der Waals surface area contributed by atoms with E-state index in [9.17, 15) is 28.7 Å². The molecule has 0 radical (unpaired) electrons. The van der Waals surface area contributed by atoms with Gasteiger partial charge in [-0.15, -0.1) is 0 Å². The van der Waals surface area contributed by atoms with Crippen molar-refractivity contribution in [2.45, 2.75) is 46.0 Å². The molecule has 1 aliphatic rings. The molecule has 0 aliphatic carbocycles. The number of nitrogens with zero attached hydrogens (tertiary/aromatic N) is 6. The highest BCUT2D eigenvalue weighted by atomic mass is 19.1. The number of hydrogen-bond acceptors (Lipinski definition) is 8. The van der Waals surface area contributed by atoms with Crippen molar-refractivity contribution >= 4 is 40.3 Å². The van der Waals surface area contributed by atoms with E-state index in [0.717, 1.165) is 16.0 Å². The van der Waals surface area contributed by atoms with Gasteiger partial charge in [0.25, 0.3) is 0 Å². The Morgan fingerprint density at radius 2 is 1.80 bits per heavy atom. The van der Waals surface area contributed by atoms with Crippen LogP contribution in [0.25, 0.3) is 22.0 Å². The average Bonchev–Trinajstić information content (AvgIpc) is 3.49. The normalized spacial score (nSPS) is 16.6. The van der Waals surface area contributed by atoms with Crippen LogP contribution in [0.2, 0.25) is 0 Å². The van der Waals surface area contributed by atoms with Crippen molar-refractivity contribution in [3.05, 3.63) is 65.5 Å². The number of aromatic nitrogens is 5. The van der Waals surface area contributed by atoms with E-state index in [1.54, 1.807) is 44.4 Å². The second-order valence-electron chi connectivity index (χ2n) is 9.85. The number of halogens is 1. The molecular weight excluding hydrogens is 533 g/mol. The molecule has 41 heavy (non-hydrogen) atoms. The molecule has 2 amide bonds. The molecular formula is C28H26FN7O5. The molecule has 210 valence electrons. The van der Waals surface area contributed by atoms with Crippen molar-refractivity contribution in [3.8, 4) is 11.1 Å². The van der Waals surface area contributed by atoms with Crippen molar-refractivity contribution in [2.75, 3.05) is 11.9 Å². The van der Waals surface area contributed by atoms with Crippen LogP contribution in [0.5, 0.6) is 0 Å². The highest BCUT2D eigenvalue weighted by Crippen LogP contribution is 2.28. The quantitative estimate of drug-likeness (QED) is 0.324. The van der Waals surface area contributed by atoms with E-state index in [-0.39, 0.29) is 42.4 Å². The number of fused-ring (bicyclic) bond motifs is 1. The van der Waals surface area contributed by atoms with Crippen molar-refractivity contribution in [3.63, 3.8) is 0 Å². The zero-order valence-electron chi connectivity index (χ0n) is 22.5. The number of alkyl halides is 1. The second kappa shape index (κ2) is 10.8. The van der Waals surface area contributed by atoms with Crippen LogP contribution in [0.15, 0.2) is 42.7 Å². The largest absolute Gasteiger partial charge is 0.478 e. The highest BCUT2D eigenvalue weighted by Gasteiger charge is 2.40. The number of carbonyl (C=O) groups is 4. The first-order valence-corrected chi connectivity index (χ1v) is 12.8. The second-order valence-corrected chi connectivity index (χ2v) is 9.85. The van der Waals surface area contributed by atoms with E-state index in [0.29, 0.717) is 22.4 Å². The number of nitrogens with one attached hydrogen (secondary N) is 1. The number of pyridine rings is 1. The van der Waals surface area contributed by atoms with Gasteiger partial charge in [0.15, 0.2) is 5.78 Å². The van der Waals surface area contributed by atoms with Gasteiger partial charge in [0.05, 0.1) is 12.1 Å². The van der Waals surface area contributed by atoms with Crippen LogP contribution in [0.1, 0.15) is 45.7 Å². The summed E-state index contributed by atoms with van der Waals surface area (Å²) in [6.45, 7) is 4.10. The Morgan fingerprint density at radius 1 is 1.07 bits per heavy atom. The van der Waals surface area contributed by atoms with Crippen molar-refractivity contribution in [1.82, 2.24) is 29.6 Å². The van der Waals surface area contributed by atoms with Crippen molar-refractivity contribution in [1.29, 1.82) is 0 Å². The summed E-state index contributed by atoms with van der Waals surface area (Å²) >= 11 is 0. The number of likely N-dealkylation sites (tertiary alicyclic amines) is 1. The van der Waals surface area contributed by atoms with Gasteiger partial charge in [0.1, 0.15) is 41.7 Å². The lowest BCUT2D eigenvalue weighted by molar-refractivity contribution is -0.137. The number of carbonyl (C=O) groups excluding carboxylic acids is 3. The summed E-state index contributed by atoms with van der Waals surface area (Å²) in [6.07, 6.45) is 1.62. The summed E-state index contributed by atoms with van der Waals surface area (Å²) in [4.78, 5) is 64.1. The number of ketones is 1. The molecule has 1 fully saturated rings. The van der Waals surface area contributed by atoms with E-state index in [4.69, 9.17) is 0 Å². The molecule has 12 nitrogen and oxygen atoms in total. The van der Waals surface area contributed by atoms with Gasteiger partial charge in [-0.2, -0.15) is 5.10 Å². The minimum atomic E-state index is -1.46. The van der Waals surface area contributed by atoms with Gasteiger partial charge in [-0.25, -0.2) is 24.1 Å². The van der Waals surface area contributed by atoms with Gasteiger partial charge >= 0.3 is 5.97 Å². The predicted octanol–water partition coefficient (Wildman–Crippen LogP) is 2.98. The molecule has 2 atom stereocenters. The van der Waals surface area contributed by atoms with Gasteiger partial charge in [-0.3, -0.25) is 19.1 Å². The zero-order chi connectivity index (χ0) is 29.4. The van der Waals surface area contributed by atoms with E-state index >= 15 is 0 Å². The van der Waals surface area contributed by atoms with Gasteiger partial charge in [-0.1, -0.05) is 6.07 Å². The first-order valence-electron chi connectivity index (χ1n) is 12.8. The molecule has 1 saturated heterocycles. The van der Waals surface area contributed by atoms with Crippen LogP contribution in [0, 0.1) is 13.8 Å². The van der Waals surface area contributed by atoms with E-state index in [1.807, 2.05) is 0 Å². The fourth-order valence-electron chi connectivity index (χ4n) is 4.83. The maximum atomic E-state index is 14.5. The lowest BCUT2D eigenvalue weighted by Crippen LogP contribution is -2.44. The monoisotopic (exact) mass is 559 g/mol. The molecule has 1 aliphatic heterocycles. The molecule has 0 bridgehead atoms. The number of carboxylic acid groups (broad SMARTS) is 1. The van der Waals surface area contributed by atoms with E-state index in [2.05, 4.69) is 25.4 Å². The standard InChI is InChI=1S/C28H26FN7O5/c1-14-4-6-20(28(40)41)26(32-14)33-27(39)23-9-19(29)12-35(23)24(38)13-36-22-7-5-17(18-10-30-16(3)31-11-18)8-21(22)25(34-36)15(2)37/h4-8,10-11,19,23H,9,12-13H2,1-3H3,(H,40,41)(H,32,33,39)/t19-,23+/m1/s1. The fourth-order valence-corrected chi connectivity index (χ4v) is 4.83. The number of Topliss-reactive ketones (excluding diaryl/α,β-unsaturated/α-hetero) is 1. The summed E-state index contributed by atoms with van der Waals surface area (Å²) < 4.78 is 15.9. The number of hydrogen-bond donors (Lipinski definition) is 2. The molecule has 1 aromatic carbocycles. The SMILES string of the molecule is CC(=O)c1nn(CC(=O)N2C[C@H](F)C[C@H]2C(=O)Nc2nc(C)ccc2C(=O)O)c2ccc(-c3cnc(C)nc3)cc12. The molecule has 3 aromatic heterocycles. The summed E-state index contributed by atoms with van der Waals surface area (Å²) in [5.41, 5.74) is 2.41. The maximum Gasteiger partial charge on any atom is 0.339 e. The summed E-state index contributed by atoms with van der Waals surface area (Å²) in [5.74, 6) is -2.50. The molecule has 13 heteroatoms. The number of anilines is 1. The molecule has 4 aromatic rings. The lowest BCUT2D eigenvalue weighted by Gasteiger charge is -2.24. The molecule has 0 saturated carbocycles. The molecule has 2 N–H and O–H groups in total. The van der Waals surface area contributed by atoms with Gasteiger partial charge < -0.3 is 15.3 Å². The molecule has 4 heterocycles. The average molecular weight is 560 g/mol. The van der Waals surface area contributed by atoms with Crippen LogP contribution < -0.4 is 5.32 Å². The van der Waals surface area contributed by atoms with Gasteiger partial charge in [-0.05, 0) is 43.7 Å². The Kier molecular flexibility index (Phi) is 7.26. The van der Waals surface area contributed by atoms with Gasteiger partial charge in [0.2, 0.25) is 11.8 Å². The van der Waals surface area contributed by atoms with Crippen LogP contribution in [-0.4, -0.2) is 77.1 Å². The number of aryl methyl sites for hydroxylation is 2. The van der Waals surface area contributed by atoms with Crippen LogP contribution >= 0.6 is 0 Å². The molecule has 0 spiro atoms. The predicted molar refractivity (Wildman–Crippen MR) is 145 cm³/mol. The minimum absolute atomic E-state index is 0.161. The topological polar surface area (TPSA) is 160 Å². The third-order valence-corrected chi connectivity index (χ3v) is 6.86. The van der Waals surface area contributed by atoms with Gasteiger partial charge in [0, 0.05) is 42.4 Å². The minimum Gasteiger partial charge on any atom is -0.478 e. The third-order valence-electron chi connectivity index (χ3n) is 6.86. The maximum absolute atomic E-state index is 14.5. The van der Waals surface area contributed by atoms with Crippen LogP contribution in [0.4, 0.5) is 10.2 Å². The van der Waals surface area contributed by atoms with Crippen LogP contribution in [0.3, 0.4) is 0 Å². The highest BCUT2D eigenvalue weighted by molar-refractivity contribution is 6.06. The first-order chi connectivity index (χ1) is 19.5. The Bertz CT molecular complexity index is 1700. The Morgan fingerprint density at radius 3 is 2.49 bits per heavy atom. The summed E-state index contributed by atoms with van der Waals surface area (Å²) in [6, 6.07) is 6.89. The molecule has 0 unspecified atom stereocenters.